The van der Waals surface area contributed by atoms with Gasteiger partial charge in [-0.15, -0.1) is 0 Å². The Morgan fingerprint density at radius 3 is 2.27 bits per heavy atom. The highest BCUT2D eigenvalue weighted by Crippen LogP contribution is 2.66. The molecule has 7 rings (SSSR count). The molecule has 9 N–H and O–H groups in total. The monoisotopic (exact) mass is 1690 g/mol. The number of alkyl carbamates (subject to hydrolysis) is 1. The standard InChI is InChI=1S/C42H58N4O5.C29H47N4O16P3S4.O2S/c1-8-45-35-18-15-14-17-33(35)41(3,4)37(45)19-11-9-12-20-38-42(5,6)34-31-32(2)22-23-36(34)46(38)26-16-10-13-21-39(47)43-24-27-50-29-30-51-28-25-44-40(48)49-7;1-5-12-29(2,3)55-54-18-43-13-8-9-14-44-24(34)11-7-6-10-20-16-33(26-25(20)27(35)32-28(30)31-26)23-15-21(45-19-56(4)53)22(47-23)17-46-51(39,40)49-52(41,42)48-50(36,37)38;1-3-2/h9,11-12,14-15,17-20,22-23,31H,8,10,13,16,21,24-30H2,1-7H3,(H-,43,44,47,48);16,21-23H,5,7-9,11-15,17-19H2,1-4H3,(H,39,40)(H,41,42)(H2,36,37,38)(H3,30,31,32,35);/p+1/t;21-,22+,23+,56?;/m.0./s1. The van der Waals surface area contributed by atoms with Gasteiger partial charge < -0.3 is 78.6 Å². The van der Waals surface area contributed by atoms with Crippen molar-refractivity contribution in [1.82, 2.24) is 25.2 Å². The first-order valence-electron chi connectivity index (χ1n) is 35.7. The lowest BCUT2D eigenvalue weighted by atomic mass is 9.81. The third-order valence-electron chi connectivity index (χ3n) is 17.2. The summed E-state index contributed by atoms with van der Waals surface area (Å²) < 4.78 is 106. The number of anilines is 2. The van der Waals surface area contributed by atoms with Gasteiger partial charge in [-0.1, -0.05) is 118 Å². The largest absolute Gasteiger partial charge is 0.490 e. The van der Waals surface area contributed by atoms with Crippen LogP contribution in [-0.4, -0.2) is 185 Å². The first-order chi connectivity index (χ1) is 52.0. The number of ether oxygens (including phenoxy) is 7. The second-order valence-electron chi connectivity index (χ2n) is 27.0. The Morgan fingerprint density at radius 2 is 1.59 bits per heavy atom. The number of phosphoric ester groups is 1. The molecule has 31 nitrogen and oxygen atoms in total. The van der Waals surface area contributed by atoms with E-state index in [4.69, 9.17) is 68.1 Å². The van der Waals surface area contributed by atoms with Gasteiger partial charge in [0.25, 0.3) is 5.56 Å². The van der Waals surface area contributed by atoms with Crippen molar-refractivity contribution in [3.63, 3.8) is 0 Å². The maximum atomic E-state index is 13.0. The maximum absolute atomic E-state index is 13.0. The zero-order valence-electron chi connectivity index (χ0n) is 64.0. The van der Waals surface area contributed by atoms with Crippen molar-refractivity contribution in [1.29, 1.82) is 0 Å². The van der Waals surface area contributed by atoms with E-state index in [1.807, 2.05) is 10.8 Å². The molecule has 2 aromatic heterocycles. The number of hydrogen-bond acceptors (Lipinski definition) is 25. The summed E-state index contributed by atoms with van der Waals surface area (Å²) in [5, 5.41) is 5.56. The van der Waals surface area contributed by atoms with Crippen LogP contribution in [0.5, 0.6) is 0 Å². The molecule has 39 heteroatoms. The number of nitrogens with zero attached hydrogens (tertiary/aromatic N) is 4. The van der Waals surface area contributed by atoms with Gasteiger partial charge in [-0.3, -0.25) is 23.9 Å². The van der Waals surface area contributed by atoms with E-state index in [1.165, 1.54) is 57.3 Å². The number of nitrogen functional groups attached to an aromatic ring is 1. The van der Waals surface area contributed by atoms with Gasteiger partial charge in [-0.2, -0.15) is 26.6 Å². The van der Waals surface area contributed by atoms with Crippen LogP contribution >= 0.6 is 45.1 Å². The average Bonchev–Trinajstić information content (AvgIpc) is 1.61. The number of methoxy groups -OCH3 is 1. The van der Waals surface area contributed by atoms with E-state index in [1.54, 1.807) is 17.0 Å². The van der Waals surface area contributed by atoms with Crippen LogP contribution in [-0.2, 0) is 113 Å². The third-order valence-corrected chi connectivity index (χ3v) is 24.8. The Kier molecular flexibility index (Phi) is 40.3. The fourth-order valence-electron chi connectivity index (χ4n) is 12.2. The molecule has 1 fully saturated rings. The number of para-hydroxylation sites is 1. The fraction of sp³-hybridized carbons (Fsp3) is 0.577. The van der Waals surface area contributed by atoms with Crippen molar-refractivity contribution in [2.75, 3.05) is 108 Å². The number of fused-ring (bicyclic) bond motifs is 3. The molecule has 1 saturated heterocycles. The summed E-state index contributed by atoms with van der Waals surface area (Å²) in [6.07, 6.45) is 18.0. The molecule has 0 bridgehead atoms. The Bertz CT molecular complexity index is 4190. The Hall–Kier alpha value is -5.58. The van der Waals surface area contributed by atoms with E-state index in [9.17, 15) is 42.7 Å². The number of hydrogen-bond donors (Lipinski definition) is 8. The number of carbonyl (C=O) groups excluding carboxylic acids is 3. The van der Waals surface area contributed by atoms with Gasteiger partial charge >= 0.3 is 47.1 Å². The molecule has 0 spiro atoms. The van der Waals surface area contributed by atoms with Crippen LogP contribution in [0.1, 0.15) is 155 Å². The molecule has 6 atom stereocenters. The first kappa shape index (κ1) is 95.0. The number of aromatic amines is 1. The van der Waals surface area contributed by atoms with Crippen molar-refractivity contribution < 1.29 is 107 Å². The topological polar surface area (TPSA) is 417 Å². The molecule has 3 aliphatic rings. The highest BCUT2D eigenvalue weighted by Gasteiger charge is 2.46. The number of nitrogens with one attached hydrogen (secondary N) is 3. The number of rotatable bonds is 43. The van der Waals surface area contributed by atoms with Gasteiger partial charge in [0.2, 0.25) is 17.5 Å². The summed E-state index contributed by atoms with van der Waals surface area (Å²) in [4.78, 5) is 94.8. The normalized spacial score (nSPS) is 18.2. The number of phosphoric acid groups is 3. The van der Waals surface area contributed by atoms with E-state index in [0.717, 1.165) is 51.6 Å². The number of nitrogens with two attached hydrogens (primary N) is 1. The Labute approximate surface area is 661 Å². The minimum absolute atomic E-state index is 0.00901. The maximum Gasteiger partial charge on any atom is 0.490 e. The average molecular weight is 1690 g/mol. The molecule has 0 radical (unpaired) electrons. The molecule has 3 aliphatic heterocycles. The molecular formula is C71H106N8O23P3S5+. The third kappa shape index (κ3) is 31.7. The number of H-pyrrole nitrogens is 1. The molecular weight excluding hydrogens is 1590 g/mol. The van der Waals surface area contributed by atoms with Crippen molar-refractivity contribution in [3.05, 3.63) is 117 Å². The number of amides is 2. The molecule has 0 saturated carbocycles. The van der Waals surface area contributed by atoms with E-state index in [-0.39, 0.29) is 75.8 Å². The van der Waals surface area contributed by atoms with Gasteiger partial charge in [0.05, 0.1) is 81.6 Å². The number of aromatic nitrogens is 3. The van der Waals surface area contributed by atoms with E-state index >= 15 is 0 Å². The molecule has 5 heterocycles. The first-order valence-corrected chi connectivity index (χ1v) is 45.9. The summed E-state index contributed by atoms with van der Waals surface area (Å²) in [7, 11) is -12.6. The number of benzene rings is 2. The zero-order chi connectivity index (χ0) is 81.3. The molecule has 612 valence electrons. The van der Waals surface area contributed by atoms with Crippen molar-refractivity contribution in [2.24, 2.45) is 0 Å². The number of carbonyl (C=O) groups is 3. The van der Waals surface area contributed by atoms with Crippen LogP contribution < -0.4 is 26.8 Å². The molecule has 3 unspecified atom stereocenters. The minimum atomic E-state index is -5.75. The number of aryl methyl sites for hydroxylation is 1. The summed E-state index contributed by atoms with van der Waals surface area (Å²) in [5.41, 5.74) is 14.6. The second kappa shape index (κ2) is 46.7. The van der Waals surface area contributed by atoms with E-state index in [2.05, 4.69) is 190 Å². The summed E-state index contributed by atoms with van der Waals surface area (Å²) >= 11 is 4.45. The van der Waals surface area contributed by atoms with Gasteiger partial charge in [-0.05, 0) is 115 Å². The Morgan fingerprint density at radius 1 is 0.891 bits per heavy atom. The quantitative estimate of drug-likeness (QED) is 0.00298. The molecule has 0 aliphatic carbocycles. The number of unbranched alkanes of at least 4 members (excludes halogenated alkanes) is 3. The zero-order valence-corrected chi connectivity index (χ0v) is 70.8. The molecule has 4 aromatic rings. The van der Waals surface area contributed by atoms with Crippen LogP contribution in [0.15, 0.2) is 89.5 Å². The van der Waals surface area contributed by atoms with Gasteiger partial charge in [0.1, 0.15) is 24.8 Å². The Balaban J connectivity index is 0.000000382. The second-order valence-corrected chi connectivity index (χ2v) is 37.5. The summed E-state index contributed by atoms with van der Waals surface area (Å²) in [6.45, 7) is 24.6. The molecule has 2 amide bonds. The predicted molar refractivity (Wildman–Crippen MR) is 430 cm³/mol. The molecule has 2 aromatic carbocycles. The smallest absolute Gasteiger partial charge is 0.466 e. The van der Waals surface area contributed by atoms with Crippen LogP contribution in [0.4, 0.5) is 22.1 Å². The van der Waals surface area contributed by atoms with Crippen LogP contribution in [0, 0.1) is 18.8 Å². The molecule has 110 heavy (non-hydrogen) atoms. The van der Waals surface area contributed by atoms with Crippen LogP contribution in [0.3, 0.4) is 0 Å². The van der Waals surface area contributed by atoms with Gasteiger partial charge in [0, 0.05) is 97.4 Å². The summed E-state index contributed by atoms with van der Waals surface area (Å²) in [5.74, 6) is 5.82. The number of likely N-dealkylation sites (N-methyl/N-ethyl adjacent to an activating group) is 1. The van der Waals surface area contributed by atoms with E-state index < -0.39 is 87.2 Å². The van der Waals surface area contributed by atoms with Crippen molar-refractivity contribution in [3.8, 4) is 11.8 Å². The van der Waals surface area contributed by atoms with Crippen molar-refractivity contribution >= 4 is 129 Å². The van der Waals surface area contributed by atoms with Gasteiger partial charge in [0.15, 0.2) is 11.4 Å². The fourth-order valence-corrected chi connectivity index (χ4v) is 18.2. The SMILES string of the molecule is CCCC(C)(C)SSCOCCCCOC(=O)CCC#Cc1cn([C@H]2C[C@H](OCS(C)=S)[C@@H](COP(=O)(O)OP(=O)(O)OP(=O)(O)O)O2)c2nc(N)[nH]c(=O)c12.CCN1\C(=C/C=C/C=C/C2=[N+](CCCCCC(=O)NCCOCCOCCNC(=O)OC)c3ccc(C)cc3C2(C)C)C(C)(C)c2ccccc21.O=S=O. The lowest BCUT2D eigenvalue weighted by molar-refractivity contribution is -0.438. The van der Waals surface area contributed by atoms with Crippen molar-refractivity contribution in [2.45, 2.75) is 167 Å². The van der Waals surface area contributed by atoms with Gasteiger partial charge in [-0.25, -0.2) is 18.5 Å². The minimum Gasteiger partial charge on any atom is -0.466 e. The lowest BCUT2D eigenvalue weighted by Gasteiger charge is -2.25. The van der Waals surface area contributed by atoms with E-state index in [0.29, 0.717) is 64.9 Å². The van der Waals surface area contributed by atoms with Crippen LogP contribution in [0.2, 0.25) is 0 Å². The van der Waals surface area contributed by atoms with Crippen LogP contribution in [0.25, 0.3) is 11.0 Å². The highest BCUT2D eigenvalue weighted by atomic mass is 33.1. The number of esters is 1. The predicted octanol–water partition coefficient (Wildman–Crippen LogP) is 11.0. The number of allylic oxidation sites excluding steroid dienone is 6. The highest BCUT2D eigenvalue weighted by molar-refractivity contribution is 8.77. The lowest BCUT2D eigenvalue weighted by Crippen LogP contribution is -2.29. The summed E-state index contributed by atoms with van der Waals surface area (Å²) in [6, 6.07) is 15.5.